The Morgan fingerprint density at radius 2 is 2.06 bits per heavy atom. The van der Waals surface area contributed by atoms with Gasteiger partial charge >= 0.3 is 0 Å². The Bertz CT molecular complexity index is 417. The van der Waals surface area contributed by atoms with Gasteiger partial charge in [0, 0.05) is 19.5 Å². The smallest absolute Gasteiger partial charge is 0.222 e. The van der Waals surface area contributed by atoms with E-state index in [0.29, 0.717) is 12.0 Å². The van der Waals surface area contributed by atoms with Gasteiger partial charge in [-0.05, 0) is 30.5 Å². The van der Waals surface area contributed by atoms with Crippen molar-refractivity contribution in [3.63, 3.8) is 0 Å². The van der Waals surface area contributed by atoms with E-state index in [0.717, 1.165) is 25.9 Å². The topological polar surface area (TPSA) is 44.1 Å². The SMILES string of the molecule is N#Cc1ccc(CCN2CCCC2=O)cc1. The second-order valence-electron chi connectivity index (χ2n) is 4.04. The van der Waals surface area contributed by atoms with Crippen molar-refractivity contribution in [2.24, 2.45) is 0 Å². The third-order valence-corrected chi connectivity index (χ3v) is 2.92. The van der Waals surface area contributed by atoms with Crippen molar-refractivity contribution in [2.45, 2.75) is 19.3 Å². The third kappa shape index (κ3) is 2.40. The van der Waals surface area contributed by atoms with Crippen LogP contribution in [0.3, 0.4) is 0 Å². The molecule has 1 aliphatic heterocycles. The van der Waals surface area contributed by atoms with E-state index in [1.807, 2.05) is 29.2 Å². The van der Waals surface area contributed by atoms with Crippen molar-refractivity contribution in [1.29, 1.82) is 5.26 Å². The summed E-state index contributed by atoms with van der Waals surface area (Å²) in [6.45, 7) is 1.69. The minimum Gasteiger partial charge on any atom is -0.342 e. The van der Waals surface area contributed by atoms with Crippen LogP contribution < -0.4 is 0 Å². The number of carbonyl (C=O) groups excluding carboxylic acids is 1. The highest BCUT2D eigenvalue weighted by Gasteiger charge is 2.19. The summed E-state index contributed by atoms with van der Waals surface area (Å²) in [7, 11) is 0. The molecule has 0 N–H and O–H groups in total. The molecule has 1 aliphatic rings. The Morgan fingerprint density at radius 3 is 2.62 bits per heavy atom. The number of hydrogen-bond acceptors (Lipinski definition) is 2. The molecule has 0 spiro atoms. The van der Waals surface area contributed by atoms with E-state index in [4.69, 9.17) is 5.26 Å². The first-order chi connectivity index (χ1) is 7.79. The van der Waals surface area contributed by atoms with Crippen LogP contribution in [0.5, 0.6) is 0 Å². The predicted octanol–water partition coefficient (Wildman–Crippen LogP) is 1.72. The van der Waals surface area contributed by atoms with Crippen LogP contribution in [0.15, 0.2) is 24.3 Å². The second kappa shape index (κ2) is 4.80. The Hall–Kier alpha value is -1.82. The van der Waals surface area contributed by atoms with Gasteiger partial charge in [0.25, 0.3) is 0 Å². The van der Waals surface area contributed by atoms with Crippen LogP contribution in [0.2, 0.25) is 0 Å². The molecule has 0 aliphatic carbocycles. The molecule has 3 heteroatoms. The van der Waals surface area contributed by atoms with Gasteiger partial charge in [0.05, 0.1) is 11.6 Å². The van der Waals surface area contributed by atoms with Gasteiger partial charge < -0.3 is 4.90 Å². The maximum absolute atomic E-state index is 11.4. The fraction of sp³-hybridized carbons (Fsp3) is 0.385. The summed E-state index contributed by atoms with van der Waals surface area (Å²) in [4.78, 5) is 13.3. The molecule has 2 rings (SSSR count). The summed E-state index contributed by atoms with van der Waals surface area (Å²) in [5, 5.41) is 8.66. The summed E-state index contributed by atoms with van der Waals surface area (Å²) in [6.07, 6.45) is 2.57. The number of benzene rings is 1. The summed E-state index contributed by atoms with van der Waals surface area (Å²) >= 11 is 0. The first-order valence-corrected chi connectivity index (χ1v) is 5.56. The summed E-state index contributed by atoms with van der Waals surface area (Å²) in [5.41, 5.74) is 1.86. The fourth-order valence-electron chi connectivity index (χ4n) is 1.95. The Kier molecular flexibility index (Phi) is 3.21. The molecule has 0 bridgehead atoms. The van der Waals surface area contributed by atoms with Crippen molar-refractivity contribution in [1.82, 2.24) is 4.90 Å². The van der Waals surface area contributed by atoms with E-state index in [-0.39, 0.29) is 5.91 Å². The van der Waals surface area contributed by atoms with Gasteiger partial charge in [-0.3, -0.25) is 4.79 Å². The fourth-order valence-corrected chi connectivity index (χ4v) is 1.95. The van der Waals surface area contributed by atoms with Crippen molar-refractivity contribution in [3.05, 3.63) is 35.4 Å². The first-order valence-electron chi connectivity index (χ1n) is 5.56. The molecule has 0 radical (unpaired) electrons. The highest BCUT2D eigenvalue weighted by molar-refractivity contribution is 5.78. The lowest BCUT2D eigenvalue weighted by Gasteiger charge is -2.14. The Labute approximate surface area is 95.3 Å². The minimum atomic E-state index is 0.272. The number of nitriles is 1. The van der Waals surface area contributed by atoms with Crippen LogP contribution in [0.4, 0.5) is 0 Å². The molecule has 0 saturated carbocycles. The van der Waals surface area contributed by atoms with Gasteiger partial charge in [0.2, 0.25) is 5.91 Å². The molecule has 1 saturated heterocycles. The van der Waals surface area contributed by atoms with E-state index in [2.05, 4.69) is 6.07 Å². The zero-order chi connectivity index (χ0) is 11.4. The van der Waals surface area contributed by atoms with Crippen LogP contribution >= 0.6 is 0 Å². The maximum Gasteiger partial charge on any atom is 0.222 e. The lowest BCUT2D eigenvalue weighted by atomic mass is 10.1. The molecular weight excluding hydrogens is 200 g/mol. The maximum atomic E-state index is 11.4. The Balaban J connectivity index is 1.90. The monoisotopic (exact) mass is 214 g/mol. The summed E-state index contributed by atoms with van der Waals surface area (Å²) in [5.74, 6) is 0.272. The standard InChI is InChI=1S/C13H14N2O/c14-10-12-5-3-11(4-6-12)7-9-15-8-1-2-13(15)16/h3-6H,1-2,7-9H2. The number of nitrogens with zero attached hydrogens (tertiary/aromatic N) is 2. The summed E-state index contributed by atoms with van der Waals surface area (Å²) < 4.78 is 0. The van der Waals surface area contributed by atoms with Crippen LogP contribution in [0.1, 0.15) is 24.0 Å². The second-order valence-corrected chi connectivity index (χ2v) is 4.04. The van der Waals surface area contributed by atoms with E-state index in [9.17, 15) is 4.79 Å². The molecule has 1 aromatic rings. The number of carbonyl (C=O) groups is 1. The molecule has 1 heterocycles. The number of likely N-dealkylation sites (tertiary alicyclic amines) is 1. The van der Waals surface area contributed by atoms with E-state index >= 15 is 0 Å². The van der Waals surface area contributed by atoms with Gasteiger partial charge in [-0.25, -0.2) is 0 Å². The molecule has 1 amide bonds. The average molecular weight is 214 g/mol. The average Bonchev–Trinajstić information content (AvgIpc) is 2.73. The van der Waals surface area contributed by atoms with Gasteiger partial charge in [0.1, 0.15) is 0 Å². The molecule has 82 valence electrons. The Morgan fingerprint density at radius 1 is 1.31 bits per heavy atom. The van der Waals surface area contributed by atoms with Crippen molar-refractivity contribution in [3.8, 4) is 6.07 Å². The van der Waals surface area contributed by atoms with Crippen LogP contribution in [-0.4, -0.2) is 23.9 Å². The molecule has 16 heavy (non-hydrogen) atoms. The van der Waals surface area contributed by atoms with Crippen molar-refractivity contribution in [2.75, 3.05) is 13.1 Å². The van der Waals surface area contributed by atoms with Gasteiger partial charge in [0.15, 0.2) is 0 Å². The third-order valence-electron chi connectivity index (χ3n) is 2.92. The van der Waals surface area contributed by atoms with E-state index < -0.39 is 0 Å². The van der Waals surface area contributed by atoms with Crippen molar-refractivity contribution < 1.29 is 4.79 Å². The van der Waals surface area contributed by atoms with Crippen LogP contribution in [0.25, 0.3) is 0 Å². The molecule has 0 unspecified atom stereocenters. The minimum absolute atomic E-state index is 0.272. The molecular formula is C13H14N2O. The normalized spacial score (nSPS) is 15.2. The number of hydrogen-bond donors (Lipinski definition) is 0. The van der Waals surface area contributed by atoms with Crippen LogP contribution in [-0.2, 0) is 11.2 Å². The van der Waals surface area contributed by atoms with E-state index in [1.54, 1.807) is 0 Å². The lowest BCUT2D eigenvalue weighted by Crippen LogP contribution is -2.26. The quantitative estimate of drug-likeness (QED) is 0.769. The number of amides is 1. The zero-order valence-electron chi connectivity index (χ0n) is 9.15. The molecule has 1 aromatic carbocycles. The predicted molar refractivity (Wildman–Crippen MR) is 60.7 cm³/mol. The highest BCUT2D eigenvalue weighted by Crippen LogP contribution is 2.11. The molecule has 0 aromatic heterocycles. The van der Waals surface area contributed by atoms with Gasteiger partial charge in [-0.1, -0.05) is 12.1 Å². The van der Waals surface area contributed by atoms with Crippen molar-refractivity contribution >= 4 is 5.91 Å². The molecule has 3 nitrogen and oxygen atoms in total. The zero-order valence-corrected chi connectivity index (χ0v) is 9.15. The van der Waals surface area contributed by atoms with Gasteiger partial charge in [-0.15, -0.1) is 0 Å². The largest absolute Gasteiger partial charge is 0.342 e. The first kappa shape index (κ1) is 10.7. The molecule has 1 fully saturated rings. The molecule has 0 atom stereocenters. The van der Waals surface area contributed by atoms with Gasteiger partial charge in [-0.2, -0.15) is 5.26 Å². The number of rotatable bonds is 3. The summed E-state index contributed by atoms with van der Waals surface area (Å²) in [6, 6.07) is 9.65. The highest BCUT2D eigenvalue weighted by atomic mass is 16.2. The lowest BCUT2D eigenvalue weighted by molar-refractivity contribution is -0.127. The van der Waals surface area contributed by atoms with E-state index in [1.165, 1.54) is 5.56 Å². The van der Waals surface area contributed by atoms with Crippen LogP contribution in [0, 0.1) is 11.3 Å².